The highest BCUT2D eigenvalue weighted by Crippen LogP contribution is 2.36. The number of halogens is 2. The molecule has 5 heteroatoms. The predicted octanol–water partition coefficient (Wildman–Crippen LogP) is 3.82. The maximum atomic E-state index is 12.9. The monoisotopic (exact) mass is 414 g/mol. The lowest BCUT2D eigenvalue weighted by molar-refractivity contribution is 0.0433. The maximum Gasteiger partial charge on any atom is 0.255 e. The molecule has 2 saturated heterocycles. The van der Waals surface area contributed by atoms with E-state index in [2.05, 4.69) is 37.2 Å². The van der Waals surface area contributed by atoms with Gasteiger partial charge >= 0.3 is 0 Å². The van der Waals surface area contributed by atoms with Gasteiger partial charge in [0.05, 0.1) is 5.56 Å². The third-order valence-corrected chi connectivity index (χ3v) is 5.85. The van der Waals surface area contributed by atoms with Crippen LogP contribution in [0.5, 0.6) is 0 Å². The molecule has 1 unspecified atom stereocenters. The Balaban J connectivity index is 1.79. The third kappa shape index (κ3) is 3.35. The van der Waals surface area contributed by atoms with Gasteiger partial charge in [0.1, 0.15) is 0 Å². The van der Waals surface area contributed by atoms with Crippen LogP contribution in [0.2, 0.25) is 0 Å². The number of nitrogens with one attached hydrogen (secondary N) is 1. The Bertz CT molecular complexity index is 536. The van der Waals surface area contributed by atoms with E-state index in [-0.39, 0.29) is 5.91 Å². The highest BCUT2D eigenvalue weighted by molar-refractivity contribution is 9.11. The van der Waals surface area contributed by atoms with Crippen LogP contribution in [0, 0.1) is 5.41 Å². The summed E-state index contributed by atoms with van der Waals surface area (Å²) in [5.74, 6) is 0.146. The van der Waals surface area contributed by atoms with E-state index in [0.717, 1.165) is 47.1 Å². The zero-order valence-corrected chi connectivity index (χ0v) is 15.2. The van der Waals surface area contributed by atoms with Crippen molar-refractivity contribution in [2.24, 2.45) is 5.41 Å². The zero-order chi connectivity index (χ0) is 14.9. The largest absolute Gasteiger partial charge is 0.338 e. The Labute approximate surface area is 142 Å². The molecule has 1 spiro atoms. The van der Waals surface area contributed by atoms with Crippen LogP contribution in [-0.2, 0) is 0 Å². The van der Waals surface area contributed by atoms with Gasteiger partial charge in [-0.25, -0.2) is 0 Å². The lowest BCUT2D eigenvalue weighted by atomic mass is 9.74. The fourth-order valence-electron chi connectivity index (χ4n) is 3.59. The molecule has 3 nitrogen and oxygen atoms in total. The Kier molecular flexibility index (Phi) is 4.71. The molecule has 0 aromatic heterocycles. The molecular formula is C16H20Br2N2O. The Morgan fingerprint density at radius 2 is 2.05 bits per heavy atom. The van der Waals surface area contributed by atoms with Crippen LogP contribution in [0.15, 0.2) is 27.1 Å². The first-order valence-electron chi connectivity index (χ1n) is 7.55. The number of piperidine rings is 2. The average molecular weight is 416 g/mol. The molecule has 0 aliphatic carbocycles. The summed E-state index contributed by atoms with van der Waals surface area (Å²) in [6, 6.07) is 5.79. The van der Waals surface area contributed by atoms with Crippen LogP contribution >= 0.6 is 31.9 Å². The lowest BCUT2D eigenvalue weighted by Gasteiger charge is -2.45. The fourth-order valence-corrected chi connectivity index (χ4v) is 4.37. The normalized spacial score (nSPS) is 26.1. The van der Waals surface area contributed by atoms with Crippen LogP contribution < -0.4 is 5.32 Å². The highest BCUT2D eigenvalue weighted by Gasteiger charge is 2.38. The van der Waals surface area contributed by atoms with E-state index in [1.54, 1.807) is 0 Å². The van der Waals surface area contributed by atoms with Gasteiger partial charge < -0.3 is 10.2 Å². The van der Waals surface area contributed by atoms with E-state index in [1.165, 1.54) is 19.3 Å². The van der Waals surface area contributed by atoms with E-state index < -0.39 is 0 Å². The summed E-state index contributed by atoms with van der Waals surface area (Å²) in [6.07, 6.45) is 4.81. The van der Waals surface area contributed by atoms with Crippen molar-refractivity contribution in [1.82, 2.24) is 10.2 Å². The van der Waals surface area contributed by atoms with Crippen LogP contribution in [0.25, 0.3) is 0 Å². The van der Waals surface area contributed by atoms with Crippen molar-refractivity contribution in [2.75, 3.05) is 26.2 Å². The second-order valence-corrected chi connectivity index (χ2v) is 8.00. The van der Waals surface area contributed by atoms with Gasteiger partial charge in [0.25, 0.3) is 5.91 Å². The molecule has 2 aliphatic rings. The average Bonchev–Trinajstić information content (AvgIpc) is 2.50. The van der Waals surface area contributed by atoms with E-state index in [9.17, 15) is 4.79 Å². The van der Waals surface area contributed by atoms with Crippen molar-refractivity contribution in [2.45, 2.75) is 25.7 Å². The first-order valence-corrected chi connectivity index (χ1v) is 9.13. The van der Waals surface area contributed by atoms with Crippen LogP contribution in [-0.4, -0.2) is 37.0 Å². The van der Waals surface area contributed by atoms with Crippen molar-refractivity contribution >= 4 is 37.8 Å². The molecule has 1 atom stereocenters. The number of benzene rings is 1. The van der Waals surface area contributed by atoms with Gasteiger partial charge in [0, 0.05) is 34.0 Å². The summed E-state index contributed by atoms with van der Waals surface area (Å²) in [4.78, 5) is 14.9. The van der Waals surface area contributed by atoms with Crippen molar-refractivity contribution in [1.29, 1.82) is 0 Å². The topological polar surface area (TPSA) is 32.3 Å². The van der Waals surface area contributed by atoms with Gasteiger partial charge in [-0.15, -0.1) is 0 Å². The summed E-state index contributed by atoms with van der Waals surface area (Å²) in [6.45, 7) is 3.93. The van der Waals surface area contributed by atoms with Crippen LogP contribution in [0.1, 0.15) is 36.0 Å². The van der Waals surface area contributed by atoms with Gasteiger partial charge in [0.2, 0.25) is 0 Å². The molecule has 21 heavy (non-hydrogen) atoms. The Morgan fingerprint density at radius 3 is 2.81 bits per heavy atom. The summed E-state index contributed by atoms with van der Waals surface area (Å²) in [7, 11) is 0. The first-order chi connectivity index (χ1) is 10.1. The molecule has 0 bridgehead atoms. The van der Waals surface area contributed by atoms with E-state index in [0.29, 0.717) is 5.41 Å². The molecule has 0 radical (unpaired) electrons. The highest BCUT2D eigenvalue weighted by atomic mass is 79.9. The number of carbonyl (C=O) groups excluding carboxylic acids is 1. The molecule has 2 aliphatic heterocycles. The number of amides is 1. The second-order valence-electron chi connectivity index (χ2n) is 6.23. The van der Waals surface area contributed by atoms with E-state index >= 15 is 0 Å². The fraction of sp³-hybridized carbons (Fsp3) is 0.562. The van der Waals surface area contributed by atoms with Gasteiger partial charge in [-0.3, -0.25) is 4.79 Å². The molecular weight excluding hydrogens is 396 g/mol. The minimum Gasteiger partial charge on any atom is -0.338 e. The lowest BCUT2D eigenvalue weighted by Crippen LogP contribution is -2.52. The Morgan fingerprint density at radius 1 is 1.24 bits per heavy atom. The SMILES string of the molecule is O=C(c1cc(Br)ccc1Br)N1CCCC2(CCCNC2)C1. The number of rotatable bonds is 1. The number of likely N-dealkylation sites (tertiary alicyclic amines) is 1. The molecule has 1 amide bonds. The summed E-state index contributed by atoms with van der Waals surface area (Å²) >= 11 is 6.96. The van der Waals surface area contributed by atoms with Gasteiger partial charge in [0.15, 0.2) is 0 Å². The standard InChI is InChI=1S/C16H20Br2N2O/c17-12-3-4-14(18)13(9-12)15(21)20-8-2-6-16(11-20)5-1-7-19-10-16/h3-4,9,19H,1-2,5-8,10-11H2. The molecule has 2 heterocycles. The van der Waals surface area contributed by atoms with Crippen LogP contribution in [0.3, 0.4) is 0 Å². The number of hydrogen-bond acceptors (Lipinski definition) is 2. The maximum absolute atomic E-state index is 12.9. The number of carbonyl (C=O) groups is 1. The van der Waals surface area contributed by atoms with Crippen molar-refractivity contribution in [3.05, 3.63) is 32.7 Å². The van der Waals surface area contributed by atoms with E-state index in [1.807, 2.05) is 23.1 Å². The smallest absolute Gasteiger partial charge is 0.255 e. The van der Waals surface area contributed by atoms with Crippen molar-refractivity contribution in [3.8, 4) is 0 Å². The molecule has 1 N–H and O–H groups in total. The van der Waals surface area contributed by atoms with Gasteiger partial charge in [-0.2, -0.15) is 0 Å². The van der Waals surface area contributed by atoms with Crippen molar-refractivity contribution < 1.29 is 4.79 Å². The summed E-state index contributed by atoms with van der Waals surface area (Å²) < 4.78 is 1.82. The van der Waals surface area contributed by atoms with Gasteiger partial charge in [-0.1, -0.05) is 15.9 Å². The molecule has 1 aromatic carbocycles. The quantitative estimate of drug-likeness (QED) is 0.756. The number of nitrogens with zero attached hydrogens (tertiary/aromatic N) is 1. The predicted molar refractivity (Wildman–Crippen MR) is 91.5 cm³/mol. The summed E-state index contributed by atoms with van der Waals surface area (Å²) in [5.41, 5.74) is 1.05. The minimum absolute atomic E-state index is 0.146. The molecule has 2 fully saturated rings. The third-order valence-electron chi connectivity index (χ3n) is 4.67. The van der Waals surface area contributed by atoms with Crippen LogP contribution in [0.4, 0.5) is 0 Å². The second kappa shape index (κ2) is 6.39. The first kappa shape index (κ1) is 15.5. The number of hydrogen-bond donors (Lipinski definition) is 1. The van der Waals surface area contributed by atoms with Gasteiger partial charge in [-0.05, 0) is 66.4 Å². The molecule has 0 saturated carbocycles. The van der Waals surface area contributed by atoms with Crippen molar-refractivity contribution in [3.63, 3.8) is 0 Å². The Hall–Kier alpha value is -0.390. The zero-order valence-electron chi connectivity index (χ0n) is 12.0. The molecule has 114 valence electrons. The molecule has 1 aromatic rings. The minimum atomic E-state index is 0.146. The molecule has 3 rings (SSSR count). The van der Waals surface area contributed by atoms with E-state index in [4.69, 9.17) is 0 Å². The summed E-state index contributed by atoms with van der Waals surface area (Å²) in [5, 5.41) is 3.51.